The third-order valence-corrected chi connectivity index (χ3v) is 6.45. The molecule has 3 nitrogen and oxygen atoms in total. The van der Waals surface area contributed by atoms with Crippen LogP contribution >= 0.6 is 12.2 Å². The summed E-state index contributed by atoms with van der Waals surface area (Å²) in [5, 5.41) is 3.15. The first-order valence-corrected chi connectivity index (χ1v) is 8.70. The van der Waals surface area contributed by atoms with Gasteiger partial charge in [0.25, 0.3) is 0 Å². The number of thiocarbonyl (C=S) groups is 1. The van der Waals surface area contributed by atoms with Crippen LogP contribution < -0.4 is 11.1 Å². The lowest BCUT2D eigenvalue weighted by molar-refractivity contribution is -0.170. The highest BCUT2D eigenvalue weighted by Crippen LogP contribution is 2.69. The van der Waals surface area contributed by atoms with Gasteiger partial charge in [-0.3, -0.25) is 4.79 Å². The van der Waals surface area contributed by atoms with Gasteiger partial charge < -0.3 is 11.1 Å². The quantitative estimate of drug-likeness (QED) is 0.784. The number of carbonyl (C=O) groups is 1. The van der Waals surface area contributed by atoms with E-state index in [1.807, 2.05) is 6.92 Å². The molecule has 0 spiro atoms. The van der Waals surface area contributed by atoms with E-state index in [-0.39, 0.29) is 17.4 Å². The van der Waals surface area contributed by atoms with Gasteiger partial charge in [-0.25, -0.2) is 0 Å². The van der Waals surface area contributed by atoms with E-state index in [1.54, 1.807) is 0 Å². The summed E-state index contributed by atoms with van der Waals surface area (Å²) in [6, 6.07) is -0.152. The minimum Gasteiger partial charge on any atom is -0.392 e. The van der Waals surface area contributed by atoms with Gasteiger partial charge in [-0.2, -0.15) is 0 Å². The molecule has 0 aromatic rings. The molecule has 118 valence electrons. The maximum atomic E-state index is 13.0. The number of amides is 1. The third-order valence-electron chi connectivity index (χ3n) is 6.16. The predicted molar refractivity (Wildman–Crippen MR) is 88.8 cm³/mol. The first kappa shape index (κ1) is 15.3. The molecule has 4 rings (SSSR count). The van der Waals surface area contributed by atoms with Crippen LogP contribution in [0.15, 0.2) is 0 Å². The normalized spacial score (nSPS) is 45.4. The molecule has 0 aromatic heterocycles. The molecule has 3 N–H and O–H groups in total. The second-order valence-corrected chi connectivity index (χ2v) is 9.22. The number of nitrogens with one attached hydrogen (secondary N) is 1. The standard InChI is InChI=1S/C17H28N2OS/c1-4-12(13(18)21)19-14(20)17-7-11-5-15(2,9-17)8-16(3,6-11)10-17/h11-12H,4-10H2,1-3H3,(H2,18,21)(H,19,20). The monoisotopic (exact) mass is 308 g/mol. The first-order valence-electron chi connectivity index (χ1n) is 8.30. The van der Waals surface area contributed by atoms with Crippen LogP contribution in [0.2, 0.25) is 0 Å². The van der Waals surface area contributed by atoms with Crippen LogP contribution in [0.1, 0.15) is 65.7 Å². The number of nitrogens with two attached hydrogens (primary N) is 1. The van der Waals surface area contributed by atoms with Crippen molar-refractivity contribution in [1.82, 2.24) is 5.32 Å². The molecule has 0 aromatic carbocycles. The van der Waals surface area contributed by atoms with Gasteiger partial charge in [-0.1, -0.05) is 33.0 Å². The van der Waals surface area contributed by atoms with Crippen molar-refractivity contribution in [3.8, 4) is 0 Å². The van der Waals surface area contributed by atoms with Crippen LogP contribution in [0, 0.1) is 22.2 Å². The molecule has 0 aliphatic heterocycles. The zero-order chi connectivity index (χ0) is 15.5. The molecule has 4 aliphatic carbocycles. The molecule has 0 radical (unpaired) electrons. The van der Waals surface area contributed by atoms with Gasteiger partial charge in [0.05, 0.1) is 16.4 Å². The minimum atomic E-state index is -0.166. The lowest BCUT2D eigenvalue weighted by Gasteiger charge is -2.64. The van der Waals surface area contributed by atoms with Gasteiger partial charge in [0, 0.05) is 0 Å². The lowest BCUT2D eigenvalue weighted by atomic mass is 9.40. The van der Waals surface area contributed by atoms with E-state index in [0.29, 0.717) is 15.8 Å². The highest BCUT2D eigenvalue weighted by Gasteiger charge is 2.62. The average Bonchev–Trinajstić information content (AvgIpc) is 2.30. The van der Waals surface area contributed by atoms with E-state index in [9.17, 15) is 4.79 Å². The topological polar surface area (TPSA) is 55.1 Å². The Morgan fingerprint density at radius 2 is 1.81 bits per heavy atom. The van der Waals surface area contributed by atoms with Crippen molar-refractivity contribution in [3.05, 3.63) is 0 Å². The van der Waals surface area contributed by atoms with Crippen LogP contribution in [0.5, 0.6) is 0 Å². The Kier molecular flexibility index (Phi) is 3.40. The van der Waals surface area contributed by atoms with Crippen molar-refractivity contribution in [1.29, 1.82) is 0 Å². The Hall–Kier alpha value is -0.640. The summed E-state index contributed by atoms with van der Waals surface area (Å²) >= 11 is 5.08. The summed E-state index contributed by atoms with van der Waals surface area (Å²) in [5.41, 5.74) is 6.31. The molecule has 4 aliphatic rings. The van der Waals surface area contributed by atoms with E-state index in [4.69, 9.17) is 18.0 Å². The maximum Gasteiger partial charge on any atom is 0.226 e. The molecular formula is C17H28N2OS. The predicted octanol–water partition coefficient (Wildman–Crippen LogP) is 3.16. The van der Waals surface area contributed by atoms with Gasteiger partial charge >= 0.3 is 0 Å². The van der Waals surface area contributed by atoms with E-state index < -0.39 is 0 Å². The Morgan fingerprint density at radius 1 is 1.24 bits per heavy atom. The summed E-state index contributed by atoms with van der Waals surface area (Å²) in [6.07, 6.45) is 7.84. The number of hydrogen-bond donors (Lipinski definition) is 2. The van der Waals surface area contributed by atoms with Crippen molar-refractivity contribution in [2.45, 2.75) is 71.8 Å². The van der Waals surface area contributed by atoms with Crippen LogP contribution in [-0.4, -0.2) is 16.9 Å². The van der Waals surface area contributed by atoms with Crippen LogP contribution in [0.4, 0.5) is 0 Å². The van der Waals surface area contributed by atoms with Gasteiger partial charge in [0.15, 0.2) is 0 Å². The van der Waals surface area contributed by atoms with Crippen molar-refractivity contribution < 1.29 is 4.79 Å². The summed E-state index contributed by atoms with van der Waals surface area (Å²) in [4.78, 5) is 13.4. The highest BCUT2D eigenvalue weighted by atomic mass is 32.1. The fraction of sp³-hybridized carbons (Fsp3) is 0.882. The van der Waals surface area contributed by atoms with E-state index in [1.165, 1.54) is 19.3 Å². The third kappa shape index (κ3) is 2.49. The zero-order valence-corrected chi connectivity index (χ0v) is 14.3. The summed E-state index contributed by atoms with van der Waals surface area (Å²) in [7, 11) is 0. The summed E-state index contributed by atoms with van der Waals surface area (Å²) in [5.74, 6) is 0.940. The molecule has 4 fully saturated rings. The highest BCUT2D eigenvalue weighted by molar-refractivity contribution is 7.80. The molecule has 3 unspecified atom stereocenters. The first-order chi connectivity index (χ1) is 9.69. The zero-order valence-electron chi connectivity index (χ0n) is 13.5. The van der Waals surface area contributed by atoms with E-state index >= 15 is 0 Å². The summed E-state index contributed by atoms with van der Waals surface area (Å²) < 4.78 is 0. The molecule has 1 amide bonds. The Bertz CT molecular complexity index is 471. The van der Waals surface area contributed by atoms with E-state index in [2.05, 4.69) is 19.2 Å². The summed E-state index contributed by atoms with van der Waals surface area (Å²) in [6.45, 7) is 6.80. The Balaban J connectivity index is 1.84. The maximum absolute atomic E-state index is 13.0. The van der Waals surface area contributed by atoms with Crippen molar-refractivity contribution in [2.75, 3.05) is 0 Å². The van der Waals surface area contributed by atoms with Gasteiger partial charge in [-0.15, -0.1) is 0 Å². The van der Waals surface area contributed by atoms with Crippen molar-refractivity contribution >= 4 is 23.1 Å². The molecule has 3 atom stereocenters. The number of rotatable bonds is 4. The molecular weight excluding hydrogens is 280 g/mol. The largest absolute Gasteiger partial charge is 0.392 e. The average molecular weight is 308 g/mol. The SMILES string of the molecule is CCC(NC(=O)C12CC3CC(C)(CC(C)(C3)C1)C2)C(N)=S. The Morgan fingerprint density at radius 3 is 2.24 bits per heavy atom. The van der Waals surface area contributed by atoms with Crippen molar-refractivity contribution in [2.24, 2.45) is 27.9 Å². The number of hydrogen-bond acceptors (Lipinski definition) is 2. The number of carbonyl (C=O) groups excluding carboxylic acids is 1. The molecule has 4 bridgehead atoms. The van der Waals surface area contributed by atoms with E-state index in [0.717, 1.165) is 31.6 Å². The van der Waals surface area contributed by atoms with Crippen LogP contribution in [0.25, 0.3) is 0 Å². The molecule has 0 heterocycles. The fourth-order valence-corrected chi connectivity index (χ4v) is 6.61. The van der Waals surface area contributed by atoms with Crippen LogP contribution in [0.3, 0.4) is 0 Å². The van der Waals surface area contributed by atoms with Gasteiger partial charge in [0.2, 0.25) is 5.91 Å². The molecule has 4 heteroatoms. The molecule has 4 saturated carbocycles. The lowest BCUT2D eigenvalue weighted by Crippen LogP contribution is -2.61. The molecule has 21 heavy (non-hydrogen) atoms. The fourth-order valence-electron chi connectivity index (χ4n) is 6.39. The van der Waals surface area contributed by atoms with Crippen molar-refractivity contribution in [3.63, 3.8) is 0 Å². The smallest absolute Gasteiger partial charge is 0.226 e. The van der Waals surface area contributed by atoms with Gasteiger partial charge in [-0.05, 0) is 61.7 Å². The molecule has 0 saturated heterocycles. The second-order valence-electron chi connectivity index (χ2n) is 8.75. The minimum absolute atomic E-state index is 0.152. The van der Waals surface area contributed by atoms with Gasteiger partial charge in [0.1, 0.15) is 0 Å². The second kappa shape index (κ2) is 4.68. The Labute approximate surface area is 133 Å². The van der Waals surface area contributed by atoms with Crippen LogP contribution in [-0.2, 0) is 4.79 Å².